The van der Waals surface area contributed by atoms with Gasteiger partial charge in [-0.2, -0.15) is 0 Å². The highest BCUT2D eigenvalue weighted by atomic mass is 16.3. The average molecular weight is 222 g/mol. The third kappa shape index (κ3) is 2.67. The molecule has 1 rings (SSSR count). The van der Waals surface area contributed by atoms with Gasteiger partial charge in [0, 0.05) is 11.4 Å². The maximum Gasteiger partial charge on any atom is 0.0661 e. The van der Waals surface area contributed by atoms with Gasteiger partial charge < -0.3 is 16.2 Å². The van der Waals surface area contributed by atoms with Crippen LogP contribution in [0.3, 0.4) is 0 Å². The van der Waals surface area contributed by atoms with Gasteiger partial charge >= 0.3 is 0 Å². The van der Waals surface area contributed by atoms with Crippen LogP contribution in [0.4, 0.5) is 11.4 Å². The fourth-order valence-electron chi connectivity index (χ4n) is 1.75. The molecular weight excluding hydrogens is 200 g/mol. The molecule has 0 saturated carbocycles. The second-order valence-electron chi connectivity index (χ2n) is 4.34. The zero-order valence-electron chi connectivity index (χ0n) is 10.4. The van der Waals surface area contributed by atoms with Crippen LogP contribution in [0.15, 0.2) is 18.2 Å². The summed E-state index contributed by atoms with van der Waals surface area (Å²) >= 11 is 0. The lowest BCUT2D eigenvalue weighted by molar-refractivity contribution is 0.202. The molecular formula is C13H22N2O. The molecule has 3 nitrogen and oxygen atoms in total. The summed E-state index contributed by atoms with van der Waals surface area (Å²) in [6.07, 6.45) is 1.77. The molecule has 4 N–H and O–H groups in total. The molecule has 90 valence electrons. The molecule has 0 aromatic heterocycles. The van der Waals surface area contributed by atoms with Gasteiger partial charge in [0.2, 0.25) is 0 Å². The Labute approximate surface area is 97.7 Å². The Balaban J connectivity index is 2.97. The number of aliphatic hydroxyl groups is 1. The van der Waals surface area contributed by atoms with Gasteiger partial charge in [-0.25, -0.2) is 0 Å². The molecule has 1 aromatic rings. The van der Waals surface area contributed by atoms with E-state index in [2.05, 4.69) is 19.2 Å². The minimum atomic E-state index is -0.238. The van der Waals surface area contributed by atoms with Crippen molar-refractivity contribution in [2.24, 2.45) is 0 Å². The van der Waals surface area contributed by atoms with Crippen LogP contribution in [0.1, 0.15) is 32.3 Å². The number of anilines is 2. The molecule has 0 unspecified atom stereocenters. The SMILES string of the molecule is CCC(CC)(CO)Nc1cc(N)ccc1C. The lowest BCUT2D eigenvalue weighted by Crippen LogP contribution is -2.41. The molecule has 0 bridgehead atoms. The summed E-state index contributed by atoms with van der Waals surface area (Å²) in [6.45, 7) is 6.33. The molecule has 0 aliphatic carbocycles. The molecule has 3 heteroatoms. The summed E-state index contributed by atoms with van der Waals surface area (Å²) in [7, 11) is 0. The normalized spacial score (nSPS) is 11.5. The first-order valence-electron chi connectivity index (χ1n) is 5.82. The molecule has 0 spiro atoms. The number of hydrogen-bond acceptors (Lipinski definition) is 3. The van der Waals surface area contributed by atoms with Gasteiger partial charge in [0.25, 0.3) is 0 Å². The van der Waals surface area contributed by atoms with Crippen molar-refractivity contribution in [1.82, 2.24) is 0 Å². The Hall–Kier alpha value is -1.22. The molecule has 0 atom stereocenters. The van der Waals surface area contributed by atoms with E-state index < -0.39 is 0 Å². The molecule has 0 radical (unpaired) electrons. The predicted molar refractivity (Wildman–Crippen MR) is 69.6 cm³/mol. The molecule has 1 aromatic carbocycles. The number of aryl methyl sites for hydroxylation is 1. The van der Waals surface area contributed by atoms with Crippen LogP contribution in [0.2, 0.25) is 0 Å². The van der Waals surface area contributed by atoms with E-state index in [0.717, 1.165) is 29.8 Å². The number of rotatable bonds is 5. The number of nitrogens with one attached hydrogen (secondary N) is 1. The Morgan fingerprint density at radius 3 is 2.44 bits per heavy atom. The van der Waals surface area contributed by atoms with Crippen molar-refractivity contribution in [1.29, 1.82) is 0 Å². The van der Waals surface area contributed by atoms with E-state index >= 15 is 0 Å². The maximum atomic E-state index is 9.50. The fourth-order valence-corrected chi connectivity index (χ4v) is 1.75. The van der Waals surface area contributed by atoms with Crippen LogP contribution in [0.25, 0.3) is 0 Å². The zero-order valence-corrected chi connectivity index (χ0v) is 10.4. The summed E-state index contributed by atoms with van der Waals surface area (Å²) in [5, 5.41) is 12.9. The van der Waals surface area contributed by atoms with Crippen molar-refractivity contribution < 1.29 is 5.11 Å². The van der Waals surface area contributed by atoms with E-state index in [1.54, 1.807) is 0 Å². The van der Waals surface area contributed by atoms with Gasteiger partial charge in [-0.3, -0.25) is 0 Å². The minimum Gasteiger partial charge on any atom is -0.399 e. The molecule has 0 saturated heterocycles. The highest BCUT2D eigenvalue weighted by Gasteiger charge is 2.25. The van der Waals surface area contributed by atoms with E-state index in [9.17, 15) is 5.11 Å². The molecule has 0 fully saturated rings. The predicted octanol–water partition coefficient (Wildman–Crippen LogP) is 2.54. The van der Waals surface area contributed by atoms with Crippen molar-refractivity contribution in [2.45, 2.75) is 39.2 Å². The van der Waals surface area contributed by atoms with Gasteiger partial charge in [0.05, 0.1) is 12.1 Å². The summed E-state index contributed by atoms with van der Waals surface area (Å²) < 4.78 is 0. The van der Waals surface area contributed by atoms with Gasteiger partial charge in [0.1, 0.15) is 0 Å². The van der Waals surface area contributed by atoms with E-state index in [-0.39, 0.29) is 12.1 Å². The van der Waals surface area contributed by atoms with E-state index in [0.29, 0.717) is 0 Å². The van der Waals surface area contributed by atoms with Gasteiger partial charge in [-0.05, 0) is 37.5 Å². The van der Waals surface area contributed by atoms with Crippen LogP contribution in [-0.2, 0) is 0 Å². The molecule has 0 aliphatic heterocycles. The quantitative estimate of drug-likeness (QED) is 0.671. The number of nitrogen functional groups attached to an aromatic ring is 1. The van der Waals surface area contributed by atoms with Crippen molar-refractivity contribution >= 4 is 11.4 Å². The van der Waals surface area contributed by atoms with Crippen LogP contribution in [0.5, 0.6) is 0 Å². The van der Waals surface area contributed by atoms with Gasteiger partial charge in [-0.15, -0.1) is 0 Å². The lowest BCUT2D eigenvalue weighted by Gasteiger charge is -2.32. The molecule has 0 amide bonds. The average Bonchev–Trinajstić information content (AvgIpc) is 2.31. The van der Waals surface area contributed by atoms with Crippen molar-refractivity contribution in [2.75, 3.05) is 17.7 Å². The first kappa shape index (κ1) is 12.8. The molecule has 16 heavy (non-hydrogen) atoms. The fraction of sp³-hybridized carbons (Fsp3) is 0.538. The number of aliphatic hydroxyl groups excluding tert-OH is 1. The van der Waals surface area contributed by atoms with Crippen molar-refractivity contribution in [3.8, 4) is 0 Å². The van der Waals surface area contributed by atoms with Crippen LogP contribution in [0, 0.1) is 6.92 Å². The number of nitrogens with two attached hydrogens (primary N) is 1. The smallest absolute Gasteiger partial charge is 0.0661 e. The Morgan fingerprint density at radius 2 is 1.94 bits per heavy atom. The zero-order chi connectivity index (χ0) is 12.2. The van der Waals surface area contributed by atoms with E-state index in [1.165, 1.54) is 0 Å². The number of benzene rings is 1. The second-order valence-corrected chi connectivity index (χ2v) is 4.34. The summed E-state index contributed by atoms with van der Waals surface area (Å²) in [5.74, 6) is 0. The lowest BCUT2D eigenvalue weighted by atomic mass is 9.93. The standard InChI is InChI=1S/C13H22N2O/c1-4-13(5-2,9-16)15-12-8-11(14)7-6-10(12)3/h6-8,15-16H,4-5,9,14H2,1-3H3. The first-order valence-corrected chi connectivity index (χ1v) is 5.82. The highest BCUT2D eigenvalue weighted by molar-refractivity contribution is 5.60. The molecule has 0 heterocycles. The maximum absolute atomic E-state index is 9.50. The minimum absolute atomic E-state index is 0.133. The largest absolute Gasteiger partial charge is 0.399 e. The van der Waals surface area contributed by atoms with Crippen molar-refractivity contribution in [3.63, 3.8) is 0 Å². The first-order chi connectivity index (χ1) is 7.56. The Morgan fingerprint density at radius 1 is 1.31 bits per heavy atom. The second kappa shape index (κ2) is 5.21. The third-order valence-corrected chi connectivity index (χ3v) is 3.32. The Bertz CT molecular complexity index is 338. The number of hydrogen-bond donors (Lipinski definition) is 3. The topological polar surface area (TPSA) is 58.3 Å². The van der Waals surface area contributed by atoms with Crippen molar-refractivity contribution in [3.05, 3.63) is 23.8 Å². The van der Waals surface area contributed by atoms with Gasteiger partial charge in [-0.1, -0.05) is 19.9 Å². The summed E-state index contributed by atoms with van der Waals surface area (Å²) in [5.41, 5.74) is 8.43. The van der Waals surface area contributed by atoms with Gasteiger partial charge in [0.15, 0.2) is 0 Å². The molecule has 0 aliphatic rings. The van der Waals surface area contributed by atoms with Crippen LogP contribution >= 0.6 is 0 Å². The Kier molecular flexibility index (Phi) is 4.19. The highest BCUT2D eigenvalue weighted by Crippen LogP contribution is 2.26. The summed E-state index contributed by atoms with van der Waals surface area (Å²) in [6, 6.07) is 5.80. The third-order valence-electron chi connectivity index (χ3n) is 3.32. The van der Waals surface area contributed by atoms with Crippen LogP contribution < -0.4 is 11.1 Å². The monoisotopic (exact) mass is 222 g/mol. The van der Waals surface area contributed by atoms with E-state index in [1.807, 2.05) is 25.1 Å². The summed E-state index contributed by atoms with van der Waals surface area (Å²) in [4.78, 5) is 0. The van der Waals surface area contributed by atoms with Crippen LogP contribution in [-0.4, -0.2) is 17.3 Å². The van der Waals surface area contributed by atoms with E-state index in [4.69, 9.17) is 5.73 Å².